The van der Waals surface area contributed by atoms with Crippen LogP contribution < -0.4 is 15.8 Å². The summed E-state index contributed by atoms with van der Waals surface area (Å²) < 4.78 is 3.80. The summed E-state index contributed by atoms with van der Waals surface area (Å²) in [6, 6.07) is 33.5. The Morgan fingerprint density at radius 1 is 0.618 bits per heavy atom. The first-order valence-corrected chi connectivity index (χ1v) is 17.7. The summed E-state index contributed by atoms with van der Waals surface area (Å²) in [5.74, 6) is -0.758. The summed E-state index contributed by atoms with van der Waals surface area (Å²) in [6.45, 7) is 4.80. The Bertz CT molecular complexity index is 2650. The number of anilines is 1. The third-order valence-corrected chi connectivity index (χ3v) is 9.21. The molecule has 7 aromatic rings. The number of fused-ring (bicyclic) bond motifs is 2. The molecule has 0 saturated heterocycles. The van der Waals surface area contributed by atoms with E-state index in [2.05, 4.69) is 9.97 Å². The predicted molar refractivity (Wildman–Crippen MR) is 216 cm³/mol. The number of amides is 1. The number of hydroxylamine groups is 2. The van der Waals surface area contributed by atoms with Crippen LogP contribution in [0.4, 0.5) is 5.69 Å². The molecule has 0 atom stereocenters. The molecule has 11 heteroatoms. The van der Waals surface area contributed by atoms with E-state index in [-0.39, 0.29) is 27.8 Å². The Balaban J connectivity index is 0.000000190. The van der Waals surface area contributed by atoms with Crippen molar-refractivity contribution < 1.29 is 14.4 Å². The van der Waals surface area contributed by atoms with E-state index in [4.69, 9.17) is 4.84 Å². The molecular weight excluding hydrogens is 693 g/mol. The van der Waals surface area contributed by atoms with Crippen molar-refractivity contribution in [2.24, 2.45) is 0 Å². The highest BCUT2D eigenvalue weighted by molar-refractivity contribution is 6.10. The Kier molecular flexibility index (Phi) is 11.4. The van der Waals surface area contributed by atoms with Crippen LogP contribution in [0.1, 0.15) is 49.1 Å². The van der Waals surface area contributed by atoms with Crippen LogP contribution in [-0.2, 0) is 17.9 Å². The third-order valence-electron chi connectivity index (χ3n) is 9.21. The monoisotopic (exact) mass is 734 g/mol. The van der Waals surface area contributed by atoms with E-state index in [0.29, 0.717) is 29.4 Å². The minimum absolute atomic E-state index is 0.0655. The van der Waals surface area contributed by atoms with E-state index in [9.17, 15) is 19.2 Å². The molecule has 4 aromatic heterocycles. The van der Waals surface area contributed by atoms with E-state index in [1.54, 1.807) is 42.7 Å². The number of ketones is 1. The van der Waals surface area contributed by atoms with Gasteiger partial charge in [-0.15, -0.1) is 0 Å². The fourth-order valence-electron chi connectivity index (χ4n) is 6.31. The largest absolute Gasteiger partial charge is 0.378 e. The maximum Gasteiger partial charge on any atom is 0.282 e. The molecule has 7 rings (SSSR count). The van der Waals surface area contributed by atoms with Gasteiger partial charge in [0, 0.05) is 66.9 Å². The van der Waals surface area contributed by atoms with Crippen molar-refractivity contribution >= 4 is 39.2 Å². The highest BCUT2D eigenvalue weighted by Crippen LogP contribution is 2.19. The zero-order chi connectivity index (χ0) is 39.2. The molecule has 278 valence electrons. The molecule has 0 aliphatic rings. The number of benzene rings is 3. The number of pyridine rings is 4. The normalized spacial score (nSPS) is 10.9. The molecule has 0 spiro atoms. The molecule has 0 N–H and O–H groups in total. The summed E-state index contributed by atoms with van der Waals surface area (Å²) in [7, 11) is 6.74. The van der Waals surface area contributed by atoms with Crippen molar-refractivity contribution in [3.63, 3.8) is 0 Å². The van der Waals surface area contributed by atoms with Crippen molar-refractivity contribution in [1.29, 1.82) is 0 Å². The number of nitrogens with zero attached hydrogens (tertiary/aromatic N) is 6. The van der Waals surface area contributed by atoms with E-state index < -0.39 is 5.91 Å². The number of aryl methyl sites for hydroxylation is 2. The highest BCUT2D eigenvalue weighted by atomic mass is 16.7. The van der Waals surface area contributed by atoms with E-state index in [0.717, 1.165) is 44.6 Å². The van der Waals surface area contributed by atoms with E-state index >= 15 is 0 Å². The molecule has 1 amide bonds. The molecule has 11 nitrogen and oxygen atoms in total. The summed E-state index contributed by atoms with van der Waals surface area (Å²) in [5.41, 5.74) is 6.27. The zero-order valence-electron chi connectivity index (χ0n) is 31.7. The second-order valence-electron chi connectivity index (χ2n) is 13.3. The van der Waals surface area contributed by atoms with Gasteiger partial charge in [0.05, 0.1) is 48.2 Å². The maximum atomic E-state index is 13.2. The molecule has 0 aliphatic heterocycles. The molecule has 55 heavy (non-hydrogen) atoms. The summed E-state index contributed by atoms with van der Waals surface area (Å²) in [4.78, 5) is 67.5. The quantitative estimate of drug-likeness (QED) is 0.123. The van der Waals surface area contributed by atoms with Crippen molar-refractivity contribution in [3.05, 3.63) is 182 Å². The fraction of sp³-hybridized carbons (Fsp3) is 0.182. The Morgan fingerprint density at radius 2 is 1.09 bits per heavy atom. The Morgan fingerprint density at radius 3 is 1.56 bits per heavy atom. The van der Waals surface area contributed by atoms with Crippen LogP contribution in [0, 0.1) is 13.8 Å². The van der Waals surface area contributed by atoms with E-state index in [1.165, 1.54) is 14.2 Å². The van der Waals surface area contributed by atoms with Crippen LogP contribution in [0.25, 0.3) is 21.8 Å². The second kappa shape index (κ2) is 16.5. The van der Waals surface area contributed by atoms with Crippen molar-refractivity contribution in [1.82, 2.24) is 24.2 Å². The number of hydrogen-bond acceptors (Lipinski definition) is 8. The van der Waals surface area contributed by atoms with E-state index in [1.807, 2.05) is 121 Å². The average molecular weight is 735 g/mol. The number of rotatable bonds is 9. The minimum atomic E-state index is -0.482. The average Bonchev–Trinajstić information content (AvgIpc) is 3.19. The predicted octanol–water partition coefficient (Wildman–Crippen LogP) is 6.44. The lowest BCUT2D eigenvalue weighted by molar-refractivity contribution is -0.0758. The summed E-state index contributed by atoms with van der Waals surface area (Å²) >= 11 is 0. The van der Waals surface area contributed by atoms with Gasteiger partial charge < -0.3 is 14.0 Å². The zero-order valence-corrected chi connectivity index (χ0v) is 31.7. The first-order chi connectivity index (χ1) is 26.4. The lowest BCUT2D eigenvalue weighted by Gasteiger charge is -2.16. The lowest BCUT2D eigenvalue weighted by Crippen LogP contribution is -2.31. The van der Waals surface area contributed by atoms with Crippen LogP contribution in [0.5, 0.6) is 0 Å². The summed E-state index contributed by atoms with van der Waals surface area (Å²) in [6.07, 6.45) is 3.24. The van der Waals surface area contributed by atoms with Crippen molar-refractivity contribution in [2.75, 3.05) is 33.2 Å². The molecule has 0 saturated carbocycles. The van der Waals surface area contributed by atoms with Gasteiger partial charge in [0.15, 0.2) is 5.78 Å². The van der Waals surface area contributed by atoms with Gasteiger partial charge in [0.1, 0.15) is 5.56 Å². The fourth-order valence-corrected chi connectivity index (χ4v) is 6.31. The maximum absolute atomic E-state index is 13.2. The van der Waals surface area contributed by atoms with Crippen LogP contribution in [-0.4, -0.2) is 64.1 Å². The van der Waals surface area contributed by atoms with Gasteiger partial charge in [-0.3, -0.25) is 34.0 Å². The van der Waals surface area contributed by atoms with Crippen molar-refractivity contribution in [3.8, 4) is 0 Å². The Hall–Kier alpha value is -6.72. The molecular formula is C44H42N6O5. The highest BCUT2D eigenvalue weighted by Gasteiger charge is 2.20. The Labute approximate surface area is 318 Å². The topological polar surface area (TPSA) is 120 Å². The third kappa shape index (κ3) is 8.42. The molecule has 3 aromatic carbocycles. The first-order valence-electron chi connectivity index (χ1n) is 17.7. The molecule has 0 unspecified atom stereocenters. The standard InChI is InChI=1S/C25H23N3O2.C19H19N3O3/c1-17-7-6-8-19(26-17)15-28-16-22(25(30)21-9-4-5-10-23(21)28)24(29)18-11-13-20(14-12-18)27(2)3;1-13-7-6-8-14(20-13)11-22-12-16(19(24)21(2)25-3)18(23)15-9-4-5-10-17(15)22/h4-14,16H,15H2,1-3H3;4-10,12H,11H2,1-3H3. The smallest absolute Gasteiger partial charge is 0.282 e. The van der Waals surface area contributed by atoms with Gasteiger partial charge in [-0.1, -0.05) is 36.4 Å². The van der Waals surface area contributed by atoms with Gasteiger partial charge in [-0.25, -0.2) is 5.06 Å². The first kappa shape index (κ1) is 38.0. The lowest BCUT2D eigenvalue weighted by atomic mass is 10.0. The van der Waals surface area contributed by atoms with Gasteiger partial charge in [0.25, 0.3) is 5.91 Å². The SMILES string of the molecule is CON(C)C(=O)c1cn(Cc2cccc(C)n2)c2ccccc2c1=O.Cc1cccc(Cn2cc(C(=O)c3ccc(N(C)C)cc3)c(=O)c3ccccc32)n1. The van der Waals surface area contributed by atoms with Gasteiger partial charge >= 0.3 is 0 Å². The molecule has 0 fully saturated rings. The van der Waals surface area contributed by atoms with Crippen LogP contribution in [0.2, 0.25) is 0 Å². The molecule has 0 bridgehead atoms. The summed E-state index contributed by atoms with van der Waals surface area (Å²) in [5, 5.41) is 2.06. The van der Waals surface area contributed by atoms with Crippen molar-refractivity contribution in [2.45, 2.75) is 26.9 Å². The molecule has 0 radical (unpaired) electrons. The minimum Gasteiger partial charge on any atom is -0.378 e. The number of carbonyl (C=O) groups is 2. The van der Waals surface area contributed by atoms with Crippen LogP contribution in [0.15, 0.2) is 131 Å². The number of aromatic nitrogens is 4. The molecule has 0 aliphatic carbocycles. The second-order valence-corrected chi connectivity index (χ2v) is 13.3. The van der Waals surface area contributed by atoms with Gasteiger partial charge in [-0.2, -0.15) is 0 Å². The number of carbonyl (C=O) groups excluding carboxylic acids is 2. The molecule has 4 heterocycles. The van der Waals surface area contributed by atoms with Crippen LogP contribution in [0.3, 0.4) is 0 Å². The van der Waals surface area contributed by atoms with Gasteiger partial charge in [0.2, 0.25) is 10.9 Å². The number of hydrogen-bond donors (Lipinski definition) is 0. The van der Waals surface area contributed by atoms with Crippen LogP contribution >= 0.6 is 0 Å². The van der Waals surface area contributed by atoms with Gasteiger partial charge in [-0.05, 0) is 86.6 Å². The number of para-hydroxylation sites is 2.